The van der Waals surface area contributed by atoms with Crippen LogP contribution >= 0.6 is 0 Å². The van der Waals surface area contributed by atoms with Gasteiger partial charge in [0.15, 0.2) is 0 Å². The van der Waals surface area contributed by atoms with E-state index in [1.54, 1.807) is 10.9 Å². The molecule has 0 radical (unpaired) electrons. The molecular weight excluding hydrogens is 415 g/mol. The highest BCUT2D eigenvalue weighted by Crippen LogP contribution is 2.37. The van der Waals surface area contributed by atoms with Crippen LogP contribution in [0, 0.1) is 12.8 Å². The molecule has 3 aliphatic rings. The topological polar surface area (TPSA) is 51.0 Å². The molecule has 6 heteroatoms. The van der Waals surface area contributed by atoms with Gasteiger partial charge in [0.1, 0.15) is 5.67 Å². The monoisotopic (exact) mass is 444 g/mol. The third-order valence-electron chi connectivity index (χ3n) is 7.36. The molecule has 3 heterocycles. The van der Waals surface area contributed by atoms with Gasteiger partial charge < -0.3 is 4.90 Å². The Balaban J connectivity index is 1.32. The van der Waals surface area contributed by atoms with Crippen molar-refractivity contribution in [1.29, 1.82) is 0 Å². The molecule has 0 spiro atoms. The van der Waals surface area contributed by atoms with Crippen LogP contribution in [0.4, 0.5) is 4.39 Å². The number of amides is 1. The van der Waals surface area contributed by atoms with Crippen LogP contribution in [-0.2, 0) is 13.1 Å². The third kappa shape index (κ3) is 3.96. The van der Waals surface area contributed by atoms with Gasteiger partial charge in [0.25, 0.3) is 5.91 Å². The second-order valence-electron chi connectivity index (χ2n) is 10.1. The number of hydrogen-bond acceptors (Lipinski definition) is 3. The second-order valence-corrected chi connectivity index (χ2v) is 10.1. The van der Waals surface area contributed by atoms with Crippen LogP contribution in [0.25, 0.3) is 22.4 Å². The van der Waals surface area contributed by atoms with Crippen LogP contribution < -0.4 is 0 Å². The largest absolute Gasteiger partial charge is 0.334 e. The minimum atomic E-state index is -1.15. The van der Waals surface area contributed by atoms with E-state index in [4.69, 9.17) is 4.98 Å². The quantitative estimate of drug-likeness (QED) is 0.500. The summed E-state index contributed by atoms with van der Waals surface area (Å²) in [5.74, 6) is 0.808. The average Bonchev–Trinajstić information content (AvgIpc) is 3.18. The fourth-order valence-corrected chi connectivity index (χ4v) is 5.32. The van der Waals surface area contributed by atoms with Crippen LogP contribution in [0.15, 0.2) is 42.7 Å². The van der Waals surface area contributed by atoms with Crippen LogP contribution in [0.1, 0.15) is 60.1 Å². The molecule has 0 bridgehead atoms. The second kappa shape index (κ2) is 7.79. The van der Waals surface area contributed by atoms with Crippen LogP contribution in [0.2, 0.25) is 0 Å². The molecule has 1 aromatic carbocycles. The Bertz CT molecular complexity index is 1220. The summed E-state index contributed by atoms with van der Waals surface area (Å²) in [5, 5.41) is 4.46. The molecule has 1 amide bonds. The van der Waals surface area contributed by atoms with E-state index >= 15 is 0 Å². The molecular formula is C27H29FN4O. The summed E-state index contributed by atoms with van der Waals surface area (Å²) in [5.41, 5.74) is 5.28. The van der Waals surface area contributed by atoms with Gasteiger partial charge in [-0.1, -0.05) is 31.0 Å². The first kappa shape index (κ1) is 20.6. The molecule has 0 unspecified atom stereocenters. The number of fused-ring (bicyclic) bond motifs is 1. The maximum atomic E-state index is 15.0. The number of alkyl halides is 1. The van der Waals surface area contributed by atoms with Crippen LogP contribution in [0.5, 0.6) is 0 Å². The molecule has 0 saturated heterocycles. The highest BCUT2D eigenvalue weighted by molar-refractivity contribution is 6.00. The summed E-state index contributed by atoms with van der Waals surface area (Å²) < 4.78 is 16.7. The Labute approximate surface area is 193 Å². The van der Waals surface area contributed by atoms with E-state index in [0.29, 0.717) is 31.8 Å². The maximum absolute atomic E-state index is 15.0. The third-order valence-corrected chi connectivity index (χ3v) is 7.36. The lowest BCUT2D eigenvalue weighted by Gasteiger charge is -2.18. The first-order valence-corrected chi connectivity index (χ1v) is 12.1. The van der Waals surface area contributed by atoms with E-state index in [9.17, 15) is 9.18 Å². The number of pyridine rings is 1. The number of aromatic nitrogens is 3. The molecule has 2 aromatic heterocycles. The zero-order valence-electron chi connectivity index (χ0n) is 19.1. The predicted molar refractivity (Wildman–Crippen MR) is 125 cm³/mol. The fraction of sp³-hybridized carbons (Fsp3) is 0.444. The van der Waals surface area contributed by atoms with Crippen molar-refractivity contribution >= 4 is 5.91 Å². The number of nitrogens with zero attached hydrogens (tertiary/aromatic N) is 4. The lowest BCUT2D eigenvalue weighted by molar-refractivity contribution is 0.0771. The molecule has 6 rings (SSSR count). The Kier molecular flexibility index (Phi) is 4.86. The Morgan fingerprint density at radius 2 is 1.91 bits per heavy atom. The molecule has 33 heavy (non-hydrogen) atoms. The first-order valence-electron chi connectivity index (χ1n) is 12.1. The van der Waals surface area contributed by atoms with Gasteiger partial charge in [-0.3, -0.25) is 14.5 Å². The number of rotatable bonds is 6. The van der Waals surface area contributed by atoms with Gasteiger partial charge in [-0.15, -0.1) is 0 Å². The number of benzene rings is 1. The lowest BCUT2D eigenvalue weighted by Crippen LogP contribution is -2.26. The molecule has 2 aliphatic carbocycles. The average molecular weight is 445 g/mol. The SMILES string of the molecule is Cc1ccc(-c2cnn(CC3(F)CCCC3)c2)c(-c2ccc3c(c2)C(=O)N(CC2CC2)C3)n1. The van der Waals surface area contributed by atoms with E-state index in [1.807, 2.05) is 36.2 Å². The Morgan fingerprint density at radius 3 is 2.70 bits per heavy atom. The van der Waals surface area contributed by atoms with Gasteiger partial charge in [0.05, 0.1) is 18.4 Å². The first-order chi connectivity index (χ1) is 16.0. The summed E-state index contributed by atoms with van der Waals surface area (Å²) in [7, 11) is 0. The minimum Gasteiger partial charge on any atom is -0.334 e. The van der Waals surface area contributed by atoms with Gasteiger partial charge >= 0.3 is 0 Å². The maximum Gasteiger partial charge on any atom is 0.254 e. The van der Waals surface area contributed by atoms with E-state index in [0.717, 1.165) is 58.6 Å². The molecule has 0 atom stereocenters. The van der Waals surface area contributed by atoms with Crippen molar-refractivity contribution in [3.8, 4) is 22.4 Å². The summed E-state index contributed by atoms with van der Waals surface area (Å²) >= 11 is 0. The van der Waals surface area contributed by atoms with Gasteiger partial charge in [0, 0.05) is 47.2 Å². The number of hydrogen-bond donors (Lipinski definition) is 0. The number of carbonyl (C=O) groups excluding carboxylic acids is 1. The van der Waals surface area contributed by atoms with E-state index in [1.165, 1.54) is 12.8 Å². The number of carbonyl (C=O) groups is 1. The van der Waals surface area contributed by atoms with Crippen molar-refractivity contribution in [2.24, 2.45) is 5.92 Å². The molecule has 2 fully saturated rings. The summed E-state index contributed by atoms with van der Waals surface area (Å²) in [6.45, 7) is 3.84. The summed E-state index contributed by atoms with van der Waals surface area (Å²) in [6.07, 6.45) is 9.31. The van der Waals surface area contributed by atoms with Crippen molar-refractivity contribution in [3.05, 3.63) is 59.5 Å². The molecule has 2 saturated carbocycles. The highest BCUT2D eigenvalue weighted by atomic mass is 19.1. The van der Waals surface area contributed by atoms with E-state index in [-0.39, 0.29) is 5.91 Å². The van der Waals surface area contributed by atoms with Gasteiger partial charge in [0.2, 0.25) is 0 Å². The molecule has 3 aromatic rings. The zero-order chi connectivity index (χ0) is 22.6. The Hall–Kier alpha value is -3.02. The smallest absolute Gasteiger partial charge is 0.254 e. The van der Waals surface area contributed by atoms with Crippen LogP contribution in [-0.4, -0.2) is 37.8 Å². The van der Waals surface area contributed by atoms with Crippen molar-refractivity contribution in [1.82, 2.24) is 19.7 Å². The molecule has 0 N–H and O–H groups in total. The summed E-state index contributed by atoms with van der Waals surface area (Å²) in [4.78, 5) is 19.8. The minimum absolute atomic E-state index is 0.130. The standard InChI is InChI=1S/C27H29FN4O/c1-18-4-9-23(22-13-29-32(16-22)17-27(28)10-2-3-11-27)25(30-18)20-7-8-21-15-31(14-19-5-6-19)26(33)24(21)12-20/h4,7-9,12-13,16,19H,2-3,5-6,10-11,14-15,17H2,1H3. The molecule has 170 valence electrons. The highest BCUT2D eigenvalue weighted by Gasteiger charge is 2.35. The van der Waals surface area contributed by atoms with Gasteiger partial charge in [-0.05, 0) is 56.2 Å². The fourth-order valence-electron chi connectivity index (χ4n) is 5.32. The zero-order valence-corrected chi connectivity index (χ0v) is 19.1. The normalized spacial score (nSPS) is 19.3. The van der Waals surface area contributed by atoms with Crippen molar-refractivity contribution < 1.29 is 9.18 Å². The molecule has 1 aliphatic heterocycles. The predicted octanol–water partition coefficient (Wildman–Crippen LogP) is 5.57. The van der Waals surface area contributed by atoms with Gasteiger partial charge in [-0.2, -0.15) is 5.10 Å². The van der Waals surface area contributed by atoms with E-state index < -0.39 is 5.67 Å². The van der Waals surface area contributed by atoms with Crippen molar-refractivity contribution in [2.45, 2.75) is 64.2 Å². The van der Waals surface area contributed by atoms with Crippen molar-refractivity contribution in [3.63, 3.8) is 0 Å². The van der Waals surface area contributed by atoms with Crippen LogP contribution in [0.3, 0.4) is 0 Å². The summed E-state index contributed by atoms with van der Waals surface area (Å²) in [6, 6.07) is 10.2. The van der Waals surface area contributed by atoms with E-state index in [2.05, 4.69) is 17.2 Å². The Morgan fingerprint density at radius 1 is 1.09 bits per heavy atom. The number of aryl methyl sites for hydroxylation is 1. The number of halogens is 1. The lowest BCUT2D eigenvalue weighted by atomic mass is 9.98. The van der Waals surface area contributed by atoms with Crippen molar-refractivity contribution in [2.75, 3.05) is 6.54 Å². The molecule has 5 nitrogen and oxygen atoms in total. The van der Waals surface area contributed by atoms with Gasteiger partial charge in [-0.25, -0.2) is 4.39 Å².